The maximum atomic E-state index is 13.7. The summed E-state index contributed by atoms with van der Waals surface area (Å²) in [4.78, 5) is 27.5. The van der Waals surface area contributed by atoms with Crippen LogP contribution >= 0.6 is 0 Å². The van der Waals surface area contributed by atoms with Crippen LogP contribution in [0, 0.1) is 0 Å². The third-order valence-electron chi connectivity index (χ3n) is 9.04. The fraction of sp³-hybridized carbons (Fsp3) is 0.0556. The largest absolute Gasteiger partial charge is 0.489 e. The molecule has 186 valence electrons. The van der Waals surface area contributed by atoms with Crippen LogP contribution in [0.1, 0.15) is 31.8 Å². The maximum absolute atomic E-state index is 13.7. The van der Waals surface area contributed by atoms with Crippen LogP contribution in [0.15, 0.2) is 84.9 Å². The molecule has 2 aliphatic carbocycles. The quantitative estimate of drug-likeness (QED) is 0.152. The molecule has 4 heteroatoms. The Bertz CT molecular complexity index is 2190. The number of hydrogen-bond acceptors (Lipinski definition) is 4. The fourth-order valence-electron chi connectivity index (χ4n) is 7.48. The summed E-state index contributed by atoms with van der Waals surface area (Å²) < 4.78 is 12.8. The van der Waals surface area contributed by atoms with Gasteiger partial charge in [0.2, 0.25) is 0 Å². The van der Waals surface area contributed by atoms with Crippen molar-refractivity contribution in [3.63, 3.8) is 0 Å². The number of ether oxygens (including phenoxy) is 2. The van der Waals surface area contributed by atoms with Gasteiger partial charge in [0.25, 0.3) is 0 Å². The summed E-state index contributed by atoms with van der Waals surface area (Å²) in [6, 6.07) is 27.9. The summed E-state index contributed by atoms with van der Waals surface area (Å²) in [5.74, 6) is 1.64. The van der Waals surface area contributed by atoms with Gasteiger partial charge in [0.1, 0.15) is 24.7 Å². The monoisotopic (exact) mass is 514 g/mol. The normalized spacial score (nSPS) is 14.8. The molecular formula is C36H18O4. The van der Waals surface area contributed by atoms with Gasteiger partial charge in [-0.25, -0.2) is 0 Å². The van der Waals surface area contributed by atoms with Crippen molar-refractivity contribution in [3.8, 4) is 33.8 Å². The van der Waals surface area contributed by atoms with Crippen LogP contribution in [0.5, 0.6) is 11.5 Å². The van der Waals surface area contributed by atoms with Crippen LogP contribution in [0.2, 0.25) is 0 Å². The Morgan fingerprint density at radius 1 is 0.400 bits per heavy atom. The minimum absolute atomic E-state index is 0.0380. The zero-order valence-corrected chi connectivity index (χ0v) is 21.1. The average Bonchev–Trinajstić information content (AvgIpc) is 2.99. The molecule has 0 fully saturated rings. The first-order valence-electron chi connectivity index (χ1n) is 13.5. The molecule has 40 heavy (non-hydrogen) atoms. The van der Waals surface area contributed by atoms with Gasteiger partial charge in [0.15, 0.2) is 11.6 Å². The van der Waals surface area contributed by atoms with E-state index in [0.717, 1.165) is 76.8 Å². The Kier molecular flexibility index (Phi) is 3.55. The standard InChI is InChI=1S/C36H18O4/c37-35-21-7-3-1-5-17(21)25-15-27-33-31-19(9-11-23(35)29(25)31)20-10-12-24-30-26(18-6-2-4-8-22(18)36(24)38)16-28(34(33)32(20)30)40-14-13-39-27/h1-12,15-16H,13-14H2. The molecule has 3 aliphatic rings. The first-order valence-corrected chi connectivity index (χ1v) is 13.5. The van der Waals surface area contributed by atoms with Gasteiger partial charge in [-0.05, 0) is 57.3 Å². The number of fused-ring (bicyclic) bond motifs is 5. The molecular weight excluding hydrogens is 496 g/mol. The Hall–Kier alpha value is -5.22. The van der Waals surface area contributed by atoms with Crippen molar-refractivity contribution in [2.24, 2.45) is 0 Å². The van der Waals surface area contributed by atoms with Crippen LogP contribution in [0.3, 0.4) is 0 Å². The number of ketones is 2. The van der Waals surface area contributed by atoms with Gasteiger partial charge in [-0.2, -0.15) is 0 Å². The zero-order valence-electron chi connectivity index (χ0n) is 21.1. The Morgan fingerprint density at radius 2 is 0.825 bits per heavy atom. The van der Waals surface area contributed by atoms with Gasteiger partial charge < -0.3 is 9.47 Å². The van der Waals surface area contributed by atoms with E-state index in [1.165, 1.54) is 0 Å². The minimum Gasteiger partial charge on any atom is -0.489 e. The number of rotatable bonds is 0. The molecule has 0 atom stereocenters. The Balaban J connectivity index is 1.51. The van der Waals surface area contributed by atoms with Crippen molar-refractivity contribution in [1.29, 1.82) is 0 Å². The SMILES string of the molecule is O=C1c2ccccc2-c2cc3c4c5c(cc6c7c(ccc(c8ccc1c2c84)c75)C(=O)c1ccccc1-6)OCCO3. The molecule has 7 aromatic carbocycles. The molecule has 0 spiro atoms. The summed E-state index contributed by atoms with van der Waals surface area (Å²) in [6.07, 6.45) is 0. The van der Waals surface area contributed by atoms with E-state index < -0.39 is 0 Å². The predicted molar refractivity (Wildman–Crippen MR) is 156 cm³/mol. The molecule has 0 unspecified atom stereocenters. The average molecular weight is 515 g/mol. The van der Waals surface area contributed by atoms with Crippen molar-refractivity contribution >= 4 is 54.7 Å². The molecule has 0 saturated carbocycles. The van der Waals surface area contributed by atoms with Crippen molar-refractivity contribution in [3.05, 3.63) is 107 Å². The summed E-state index contributed by atoms with van der Waals surface area (Å²) in [7, 11) is 0. The van der Waals surface area contributed by atoms with E-state index in [0.29, 0.717) is 35.5 Å². The molecule has 0 bridgehead atoms. The van der Waals surface area contributed by atoms with Gasteiger partial charge in [-0.1, -0.05) is 60.7 Å². The molecule has 0 N–H and O–H groups in total. The van der Waals surface area contributed by atoms with Gasteiger partial charge in [-0.3, -0.25) is 9.59 Å². The highest BCUT2D eigenvalue weighted by molar-refractivity contribution is 6.43. The van der Waals surface area contributed by atoms with Gasteiger partial charge in [0.05, 0.1) is 0 Å². The highest BCUT2D eigenvalue weighted by atomic mass is 16.5. The molecule has 0 saturated heterocycles. The van der Waals surface area contributed by atoms with Crippen molar-refractivity contribution in [2.75, 3.05) is 13.2 Å². The Labute approximate surface area is 227 Å². The van der Waals surface area contributed by atoms with E-state index in [9.17, 15) is 9.59 Å². The number of benzene rings is 7. The topological polar surface area (TPSA) is 52.6 Å². The Morgan fingerprint density at radius 3 is 1.27 bits per heavy atom. The second kappa shape index (κ2) is 6.85. The van der Waals surface area contributed by atoms with Crippen LogP contribution < -0.4 is 9.47 Å². The van der Waals surface area contributed by atoms with Crippen LogP contribution in [0.25, 0.3) is 65.3 Å². The molecule has 10 rings (SSSR count). The molecule has 0 amide bonds. The minimum atomic E-state index is 0.0380. The van der Waals surface area contributed by atoms with Crippen LogP contribution in [-0.2, 0) is 0 Å². The van der Waals surface area contributed by atoms with E-state index in [-0.39, 0.29) is 11.6 Å². The molecule has 0 aromatic heterocycles. The fourth-order valence-corrected chi connectivity index (χ4v) is 7.48. The van der Waals surface area contributed by atoms with Gasteiger partial charge in [-0.15, -0.1) is 0 Å². The lowest BCUT2D eigenvalue weighted by Gasteiger charge is -2.29. The maximum Gasteiger partial charge on any atom is 0.194 e. The van der Waals surface area contributed by atoms with E-state index in [4.69, 9.17) is 9.47 Å². The molecule has 7 aromatic rings. The third kappa shape index (κ3) is 2.23. The lowest BCUT2D eigenvalue weighted by atomic mass is 9.76. The van der Waals surface area contributed by atoms with Crippen molar-refractivity contribution in [2.45, 2.75) is 0 Å². The van der Waals surface area contributed by atoms with Crippen molar-refractivity contribution in [1.82, 2.24) is 0 Å². The summed E-state index contributed by atoms with van der Waals surface area (Å²) in [6.45, 7) is 0.810. The van der Waals surface area contributed by atoms with E-state index >= 15 is 0 Å². The molecule has 4 nitrogen and oxygen atoms in total. The smallest absolute Gasteiger partial charge is 0.194 e. The predicted octanol–water partition coefficient (Wildman–Crippen LogP) is 7.93. The summed E-state index contributed by atoms with van der Waals surface area (Å²) >= 11 is 0. The zero-order chi connectivity index (χ0) is 26.3. The van der Waals surface area contributed by atoms with Crippen LogP contribution in [-0.4, -0.2) is 24.8 Å². The highest BCUT2D eigenvalue weighted by Gasteiger charge is 2.33. The highest BCUT2D eigenvalue weighted by Crippen LogP contribution is 2.55. The molecule has 1 heterocycles. The van der Waals surface area contributed by atoms with Gasteiger partial charge >= 0.3 is 0 Å². The second-order valence-electron chi connectivity index (χ2n) is 10.9. The molecule has 0 radical (unpaired) electrons. The second-order valence-corrected chi connectivity index (χ2v) is 10.9. The molecule has 1 aliphatic heterocycles. The van der Waals surface area contributed by atoms with Gasteiger partial charge in [0, 0.05) is 54.6 Å². The van der Waals surface area contributed by atoms with E-state index in [1.54, 1.807) is 0 Å². The number of carbonyl (C=O) groups is 2. The lowest BCUT2D eigenvalue weighted by molar-refractivity contribution is 0.103. The first kappa shape index (κ1) is 20.7. The number of hydrogen-bond donors (Lipinski definition) is 0. The third-order valence-corrected chi connectivity index (χ3v) is 9.04. The van der Waals surface area contributed by atoms with E-state index in [2.05, 4.69) is 24.3 Å². The summed E-state index contributed by atoms with van der Waals surface area (Å²) in [5.41, 5.74) is 6.74. The van der Waals surface area contributed by atoms with Crippen molar-refractivity contribution < 1.29 is 19.1 Å². The lowest BCUT2D eigenvalue weighted by Crippen LogP contribution is -2.15. The first-order chi connectivity index (χ1) is 19.7. The van der Waals surface area contributed by atoms with E-state index in [1.807, 2.05) is 60.7 Å². The van der Waals surface area contributed by atoms with Crippen LogP contribution in [0.4, 0.5) is 0 Å². The summed E-state index contributed by atoms with van der Waals surface area (Å²) in [5, 5.41) is 7.91. The number of carbonyl (C=O) groups excluding carboxylic acids is 2.